The van der Waals surface area contributed by atoms with Crippen LogP contribution >= 0.6 is 0 Å². The second kappa shape index (κ2) is 8.18. The number of benzene rings is 2. The molecule has 7 nitrogen and oxygen atoms in total. The summed E-state index contributed by atoms with van der Waals surface area (Å²) < 4.78 is 36.7. The van der Waals surface area contributed by atoms with Gasteiger partial charge in [0.25, 0.3) is 0 Å². The molecular weight excluding hydrogens is 452 g/mol. The predicted octanol–water partition coefficient (Wildman–Crippen LogP) is 4.55. The molecule has 8 heteroatoms. The van der Waals surface area contributed by atoms with Crippen LogP contribution in [0.3, 0.4) is 0 Å². The van der Waals surface area contributed by atoms with Crippen LogP contribution in [0.25, 0.3) is 0 Å². The number of sulfonamides is 1. The highest BCUT2D eigenvalue weighted by Gasteiger charge is 2.60. The van der Waals surface area contributed by atoms with E-state index in [9.17, 15) is 13.2 Å². The molecular formula is C26H32N2O5S. The van der Waals surface area contributed by atoms with E-state index in [1.54, 1.807) is 25.3 Å². The minimum absolute atomic E-state index is 0.0244. The van der Waals surface area contributed by atoms with Crippen molar-refractivity contribution in [3.63, 3.8) is 0 Å². The molecule has 4 bridgehead atoms. The van der Waals surface area contributed by atoms with Crippen LogP contribution < -0.4 is 19.5 Å². The van der Waals surface area contributed by atoms with Gasteiger partial charge in [-0.1, -0.05) is 12.1 Å². The zero-order valence-electron chi connectivity index (χ0n) is 19.9. The van der Waals surface area contributed by atoms with Crippen LogP contribution in [0.5, 0.6) is 11.5 Å². The highest BCUT2D eigenvalue weighted by Crippen LogP contribution is 2.66. The van der Waals surface area contributed by atoms with Gasteiger partial charge in [0.1, 0.15) is 11.5 Å². The first kappa shape index (κ1) is 23.0. The van der Waals surface area contributed by atoms with E-state index in [1.807, 2.05) is 12.1 Å². The van der Waals surface area contributed by atoms with Gasteiger partial charge >= 0.3 is 0 Å². The van der Waals surface area contributed by atoms with Crippen LogP contribution in [-0.4, -0.2) is 34.8 Å². The van der Waals surface area contributed by atoms with Gasteiger partial charge < -0.3 is 14.8 Å². The zero-order chi connectivity index (χ0) is 24.1. The van der Waals surface area contributed by atoms with Crippen molar-refractivity contribution in [1.82, 2.24) is 0 Å². The number of amides is 1. The summed E-state index contributed by atoms with van der Waals surface area (Å²) in [7, 11) is -0.330. The van der Waals surface area contributed by atoms with Gasteiger partial charge in [0.15, 0.2) is 0 Å². The number of anilines is 2. The molecule has 6 rings (SSSR count). The molecule has 2 aromatic rings. The Morgan fingerprint density at radius 1 is 0.971 bits per heavy atom. The summed E-state index contributed by atoms with van der Waals surface area (Å²) in [5.41, 5.74) is 1.79. The Labute approximate surface area is 201 Å². The van der Waals surface area contributed by atoms with Crippen molar-refractivity contribution < 1.29 is 22.7 Å². The Morgan fingerprint density at radius 2 is 1.65 bits per heavy atom. The van der Waals surface area contributed by atoms with E-state index in [0.29, 0.717) is 29.0 Å². The van der Waals surface area contributed by atoms with Crippen LogP contribution in [0.15, 0.2) is 42.5 Å². The molecule has 4 saturated carbocycles. The van der Waals surface area contributed by atoms with Gasteiger partial charge in [0, 0.05) is 5.69 Å². The molecule has 4 aliphatic carbocycles. The smallest absolute Gasteiger partial charge is 0.230 e. The molecule has 34 heavy (non-hydrogen) atoms. The van der Waals surface area contributed by atoms with Crippen molar-refractivity contribution in [3.8, 4) is 11.5 Å². The minimum atomic E-state index is -3.49. The third-order valence-electron chi connectivity index (χ3n) is 8.00. The monoisotopic (exact) mass is 484 g/mol. The summed E-state index contributed by atoms with van der Waals surface area (Å²) in [6.45, 7) is 0. The summed E-state index contributed by atoms with van der Waals surface area (Å²) in [5, 5.41) is 3.11. The maximum atomic E-state index is 13.8. The van der Waals surface area contributed by atoms with Crippen molar-refractivity contribution in [3.05, 3.63) is 48.0 Å². The largest absolute Gasteiger partial charge is 0.497 e. The fraction of sp³-hybridized carbons (Fsp3) is 0.500. The lowest BCUT2D eigenvalue weighted by molar-refractivity contribution is -0.143. The molecule has 1 amide bonds. The van der Waals surface area contributed by atoms with Gasteiger partial charge in [0.05, 0.1) is 31.6 Å². The lowest BCUT2D eigenvalue weighted by Gasteiger charge is -2.61. The SMILES string of the molecule is COc1ccc(C23CC4CC(CC(C(=O)Nc5ccc(OC)c(NS(C)(=O)=O)c5)(C4)C2)C3)cc1. The topological polar surface area (TPSA) is 93.7 Å². The lowest BCUT2D eigenvalue weighted by atomic mass is 9.42. The average Bonchev–Trinajstić information content (AvgIpc) is 2.77. The predicted molar refractivity (Wildman–Crippen MR) is 132 cm³/mol. The van der Waals surface area contributed by atoms with Crippen molar-refractivity contribution in [2.75, 3.05) is 30.5 Å². The molecule has 0 radical (unpaired) electrons. The quantitative estimate of drug-likeness (QED) is 0.601. The molecule has 2 atom stereocenters. The number of carbonyl (C=O) groups is 1. The van der Waals surface area contributed by atoms with E-state index >= 15 is 0 Å². The highest BCUT2D eigenvalue weighted by atomic mass is 32.2. The first-order chi connectivity index (χ1) is 16.1. The Hall–Kier alpha value is -2.74. The number of methoxy groups -OCH3 is 2. The molecule has 0 spiro atoms. The molecule has 0 aromatic heterocycles. The summed E-state index contributed by atoms with van der Waals surface area (Å²) in [4.78, 5) is 13.8. The Bertz CT molecular complexity index is 1190. The standard InChI is InChI=1S/C26H32N2O5S/c1-32-21-7-4-19(5-8-21)25-12-17-10-18(13-25)15-26(14-17,16-25)24(29)27-20-6-9-23(33-2)22(11-20)28-34(3,30)31/h4-9,11,17-18,28H,10,12-16H2,1-3H3,(H,27,29). The van der Waals surface area contributed by atoms with E-state index < -0.39 is 15.4 Å². The fourth-order valence-corrected chi connectivity index (χ4v) is 7.70. The zero-order valence-corrected chi connectivity index (χ0v) is 20.7. The molecule has 0 aliphatic heterocycles. The van der Waals surface area contributed by atoms with Gasteiger partial charge in [-0.3, -0.25) is 9.52 Å². The highest BCUT2D eigenvalue weighted by molar-refractivity contribution is 7.92. The third-order valence-corrected chi connectivity index (χ3v) is 8.59. The molecule has 0 heterocycles. The van der Waals surface area contributed by atoms with Crippen LogP contribution in [-0.2, 0) is 20.2 Å². The van der Waals surface area contributed by atoms with E-state index in [2.05, 4.69) is 22.2 Å². The molecule has 2 unspecified atom stereocenters. The Morgan fingerprint density at radius 3 is 2.24 bits per heavy atom. The van der Waals surface area contributed by atoms with Crippen LogP contribution in [0.2, 0.25) is 0 Å². The van der Waals surface area contributed by atoms with Crippen LogP contribution in [0.4, 0.5) is 11.4 Å². The maximum absolute atomic E-state index is 13.8. The summed E-state index contributed by atoms with van der Waals surface area (Å²) in [5.74, 6) is 2.38. The normalized spacial score (nSPS) is 29.5. The number of ether oxygens (including phenoxy) is 2. The van der Waals surface area contributed by atoms with Gasteiger partial charge in [-0.25, -0.2) is 8.42 Å². The number of rotatable bonds is 7. The number of hydrogen-bond acceptors (Lipinski definition) is 5. The second-order valence-corrected chi connectivity index (χ2v) is 12.2. The van der Waals surface area contributed by atoms with Gasteiger partial charge in [-0.15, -0.1) is 0 Å². The molecule has 182 valence electrons. The molecule has 0 saturated heterocycles. The molecule has 4 fully saturated rings. The van der Waals surface area contributed by atoms with E-state index in [4.69, 9.17) is 9.47 Å². The Kier molecular flexibility index (Phi) is 5.54. The van der Waals surface area contributed by atoms with Gasteiger partial charge in [-0.05, 0) is 91.7 Å². The molecule has 2 aromatic carbocycles. The van der Waals surface area contributed by atoms with Crippen molar-refractivity contribution in [1.29, 1.82) is 0 Å². The first-order valence-corrected chi connectivity index (χ1v) is 13.6. The van der Waals surface area contributed by atoms with Crippen LogP contribution in [0.1, 0.15) is 44.1 Å². The Balaban J connectivity index is 1.42. The van der Waals surface area contributed by atoms with E-state index in [0.717, 1.165) is 44.1 Å². The van der Waals surface area contributed by atoms with Crippen molar-refractivity contribution in [2.45, 2.75) is 43.9 Å². The van der Waals surface area contributed by atoms with Crippen molar-refractivity contribution in [2.24, 2.45) is 17.3 Å². The minimum Gasteiger partial charge on any atom is -0.497 e. The first-order valence-electron chi connectivity index (χ1n) is 11.8. The average molecular weight is 485 g/mol. The second-order valence-electron chi connectivity index (χ2n) is 10.5. The lowest BCUT2D eigenvalue weighted by Crippen LogP contribution is -2.57. The fourth-order valence-electron chi connectivity index (χ4n) is 7.14. The molecule has 2 N–H and O–H groups in total. The van der Waals surface area contributed by atoms with Crippen LogP contribution in [0, 0.1) is 17.3 Å². The number of nitrogens with one attached hydrogen (secondary N) is 2. The van der Waals surface area contributed by atoms with Crippen molar-refractivity contribution >= 4 is 27.3 Å². The van der Waals surface area contributed by atoms with E-state index in [1.165, 1.54) is 19.1 Å². The molecule has 4 aliphatic rings. The number of carbonyl (C=O) groups excluding carboxylic acids is 1. The summed E-state index contributed by atoms with van der Waals surface area (Å²) in [6.07, 6.45) is 7.24. The summed E-state index contributed by atoms with van der Waals surface area (Å²) >= 11 is 0. The summed E-state index contributed by atoms with van der Waals surface area (Å²) in [6, 6.07) is 13.4. The van der Waals surface area contributed by atoms with E-state index in [-0.39, 0.29) is 11.3 Å². The van der Waals surface area contributed by atoms with Gasteiger partial charge in [-0.2, -0.15) is 0 Å². The third kappa shape index (κ3) is 4.13. The van der Waals surface area contributed by atoms with Gasteiger partial charge in [0.2, 0.25) is 15.9 Å². The number of hydrogen-bond donors (Lipinski definition) is 2. The maximum Gasteiger partial charge on any atom is 0.230 e.